The van der Waals surface area contributed by atoms with Crippen LogP contribution >= 0.6 is 11.3 Å². The summed E-state index contributed by atoms with van der Waals surface area (Å²) in [6.07, 6.45) is 0. The molecule has 2 heterocycles. The SMILES string of the molecule is CNC(=O)C(C)NC(=O)c1sc(N2CCNCC2)nc1N. The number of carbonyl (C=O) groups is 2. The highest BCUT2D eigenvalue weighted by atomic mass is 32.1. The molecule has 1 saturated heterocycles. The van der Waals surface area contributed by atoms with Crippen molar-refractivity contribution < 1.29 is 9.59 Å². The fraction of sp³-hybridized carbons (Fsp3) is 0.583. The third-order valence-corrected chi connectivity index (χ3v) is 4.35. The molecule has 0 saturated carbocycles. The predicted octanol–water partition coefficient (Wildman–Crippen LogP) is -1.00. The minimum Gasteiger partial charge on any atom is -0.382 e. The van der Waals surface area contributed by atoms with Crippen LogP contribution in [0.4, 0.5) is 10.9 Å². The quantitative estimate of drug-likeness (QED) is 0.567. The largest absolute Gasteiger partial charge is 0.382 e. The molecule has 1 aromatic heterocycles. The van der Waals surface area contributed by atoms with E-state index in [1.165, 1.54) is 18.4 Å². The van der Waals surface area contributed by atoms with E-state index < -0.39 is 6.04 Å². The van der Waals surface area contributed by atoms with Crippen molar-refractivity contribution in [2.75, 3.05) is 43.9 Å². The second kappa shape index (κ2) is 6.72. The molecule has 8 nitrogen and oxygen atoms in total. The monoisotopic (exact) mass is 312 g/mol. The number of nitrogens with two attached hydrogens (primary N) is 1. The first kappa shape index (κ1) is 15.5. The minimum atomic E-state index is -0.619. The Labute approximate surface area is 127 Å². The molecule has 1 unspecified atom stereocenters. The summed E-state index contributed by atoms with van der Waals surface area (Å²) in [6.45, 7) is 5.06. The van der Waals surface area contributed by atoms with Gasteiger partial charge < -0.3 is 26.6 Å². The van der Waals surface area contributed by atoms with Crippen LogP contribution in [0.2, 0.25) is 0 Å². The lowest BCUT2D eigenvalue weighted by Crippen LogP contribution is -2.43. The molecular weight excluding hydrogens is 292 g/mol. The molecule has 1 fully saturated rings. The number of carbonyl (C=O) groups excluding carboxylic acids is 2. The van der Waals surface area contributed by atoms with Crippen molar-refractivity contribution in [1.29, 1.82) is 0 Å². The van der Waals surface area contributed by atoms with E-state index in [2.05, 4.69) is 25.8 Å². The lowest BCUT2D eigenvalue weighted by atomic mass is 10.3. The third-order valence-electron chi connectivity index (χ3n) is 3.22. The predicted molar refractivity (Wildman–Crippen MR) is 82.6 cm³/mol. The van der Waals surface area contributed by atoms with Crippen molar-refractivity contribution in [3.8, 4) is 0 Å². The molecule has 1 aliphatic rings. The van der Waals surface area contributed by atoms with Crippen LogP contribution in [0.25, 0.3) is 0 Å². The van der Waals surface area contributed by atoms with E-state index in [1.807, 2.05) is 0 Å². The van der Waals surface area contributed by atoms with E-state index in [9.17, 15) is 9.59 Å². The summed E-state index contributed by atoms with van der Waals surface area (Å²) >= 11 is 1.25. The fourth-order valence-corrected chi connectivity index (χ4v) is 2.96. The topological polar surface area (TPSA) is 112 Å². The van der Waals surface area contributed by atoms with Gasteiger partial charge in [-0.3, -0.25) is 9.59 Å². The van der Waals surface area contributed by atoms with Crippen LogP contribution in [0.1, 0.15) is 16.6 Å². The van der Waals surface area contributed by atoms with Gasteiger partial charge in [-0.1, -0.05) is 11.3 Å². The lowest BCUT2D eigenvalue weighted by molar-refractivity contribution is -0.122. The number of thiazole rings is 1. The Morgan fingerprint density at radius 2 is 2.10 bits per heavy atom. The number of anilines is 2. The number of amides is 2. The zero-order valence-corrected chi connectivity index (χ0v) is 12.9. The molecule has 0 aliphatic carbocycles. The molecule has 0 aromatic carbocycles. The highest BCUT2D eigenvalue weighted by Crippen LogP contribution is 2.28. The normalized spacial score (nSPS) is 16.4. The van der Waals surface area contributed by atoms with Crippen LogP contribution in [0.5, 0.6) is 0 Å². The van der Waals surface area contributed by atoms with Crippen molar-refractivity contribution in [2.45, 2.75) is 13.0 Å². The molecule has 1 atom stereocenters. The fourth-order valence-electron chi connectivity index (χ4n) is 2.02. The van der Waals surface area contributed by atoms with Gasteiger partial charge in [0, 0.05) is 33.2 Å². The van der Waals surface area contributed by atoms with Gasteiger partial charge in [0.1, 0.15) is 16.7 Å². The summed E-state index contributed by atoms with van der Waals surface area (Å²) in [5, 5.41) is 9.09. The van der Waals surface area contributed by atoms with Gasteiger partial charge in [-0.25, -0.2) is 4.98 Å². The average Bonchev–Trinajstić information content (AvgIpc) is 2.89. The van der Waals surface area contributed by atoms with Crippen LogP contribution < -0.4 is 26.6 Å². The van der Waals surface area contributed by atoms with E-state index in [-0.39, 0.29) is 17.6 Å². The number of likely N-dealkylation sites (N-methyl/N-ethyl adjacent to an activating group) is 1. The van der Waals surface area contributed by atoms with Gasteiger partial charge in [0.25, 0.3) is 5.91 Å². The zero-order valence-electron chi connectivity index (χ0n) is 12.1. The van der Waals surface area contributed by atoms with Crippen LogP contribution in [0, 0.1) is 0 Å². The Bertz CT molecular complexity index is 526. The average molecular weight is 312 g/mol. The number of aromatic nitrogens is 1. The zero-order chi connectivity index (χ0) is 15.4. The molecule has 21 heavy (non-hydrogen) atoms. The Morgan fingerprint density at radius 1 is 1.43 bits per heavy atom. The molecule has 2 rings (SSSR count). The summed E-state index contributed by atoms with van der Waals surface area (Å²) in [5.74, 6) is -0.425. The minimum absolute atomic E-state index is 0.204. The number of nitrogens with one attached hydrogen (secondary N) is 3. The maximum atomic E-state index is 12.2. The number of nitrogens with zero attached hydrogens (tertiary/aromatic N) is 2. The molecular formula is C12H20N6O2S. The highest BCUT2D eigenvalue weighted by molar-refractivity contribution is 7.18. The second-order valence-electron chi connectivity index (χ2n) is 4.76. The summed E-state index contributed by atoms with van der Waals surface area (Å²) in [4.78, 5) is 30.3. The van der Waals surface area contributed by atoms with E-state index >= 15 is 0 Å². The summed E-state index contributed by atoms with van der Waals surface area (Å²) in [5.41, 5.74) is 5.83. The number of piperazine rings is 1. The van der Waals surface area contributed by atoms with Gasteiger partial charge in [-0.2, -0.15) is 0 Å². The van der Waals surface area contributed by atoms with Crippen LogP contribution in [0.15, 0.2) is 0 Å². The summed E-state index contributed by atoms with van der Waals surface area (Å²) in [7, 11) is 1.52. The Kier molecular flexibility index (Phi) is 4.97. The first-order valence-electron chi connectivity index (χ1n) is 6.77. The molecule has 0 spiro atoms. The van der Waals surface area contributed by atoms with E-state index in [0.29, 0.717) is 4.88 Å². The molecule has 9 heteroatoms. The van der Waals surface area contributed by atoms with Crippen molar-refractivity contribution >= 4 is 34.1 Å². The first-order chi connectivity index (χ1) is 10.0. The maximum absolute atomic E-state index is 12.2. The van der Waals surface area contributed by atoms with E-state index in [4.69, 9.17) is 5.73 Å². The first-order valence-corrected chi connectivity index (χ1v) is 7.59. The van der Waals surface area contributed by atoms with E-state index in [0.717, 1.165) is 31.3 Å². The van der Waals surface area contributed by atoms with Gasteiger partial charge in [0.2, 0.25) is 5.91 Å². The summed E-state index contributed by atoms with van der Waals surface area (Å²) in [6, 6.07) is -0.619. The molecule has 1 aliphatic heterocycles. The highest BCUT2D eigenvalue weighted by Gasteiger charge is 2.23. The van der Waals surface area contributed by atoms with Crippen molar-refractivity contribution in [3.05, 3.63) is 4.88 Å². The van der Waals surface area contributed by atoms with Gasteiger partial charge in [0.05, 0.1) is 0 Å². The van der Waals surface area contributed by atoms with E-state index in [1.54, 1.807) is 6.92 Å². The molecule has 5 N–H and O–H groups in total. The Balaban J connectivity index is 2.07. The van der Waals surface area contributed by atoms with Gasteiger partial charge in [-0.15, -0.1) is 0 Å². The van der Waals surface area contributed by atoms with Crippen molar-refractivity contribution in [2.24, 2.45) is 0 Å². The van der Waals surface area contributed by atoms with Crippen LogP contribution in [-0.2, 0) is 4.79 Å². The van der Waals surface area contributed by atoms with Crippen molar-refractivity contribution in [3.63, 3.8) is 0 Å². The van der Waals surface area contributed by atoms with Crippen LogP contribution in [0.3, 0.4) is 0 Å². The van der Waals surface area contributed by atoms with Crippen LogP contribution in [-0.4, -0.2) is 56.1 Å². The second-order valence-corrected chi connectivity index (χ2v) is 5.73. The van der Waals surface area contributed by atoms with Crippen molar-refractivity contribution in [1.82, 2.24) is 20.9 Å². The standard InChI is InChI=1S/C12H20N6O2S/c1-7(10(19)14-2)16-11(20)8-9(13)17-12(21-8)18-5-3-15-4-6-18/h7,15H,3-6,13H2,1-2H3,(H,14,19)(H,16,20). The van der Waals surface area contributed by atoms with Gasteiger partial charge in [-0.05, 0) is 6.92 Å². The maximum Gasteiger partial charge on any atom is 0.265 e. The smallest absolute Gasteiger partial charge is 0.265 e. The third kappa shape index (κ3) is 3.61. The Hall–Kier alpha value is -1.87. The van der Waals surface area contributed by atoms with Gasteiger partial charge in [0.15, 0.2) is 5.13 Å². The van der Waals surface area contributed by atoms with Gasteiger partial charge >= 0.3 is 0 Å². The lowest BCUT2D eigenvalue weighted by Gasteiger charge is -2.26. The number of rotatable bonds is 4. The number of nitrogen functional groups attached to an aromatic ring is 1. The molecule has 1 aromatic rings. The summed E-state index contributed by atoms with van der Waals surface area (Å²) < 4.78 is 0. The molecule has 116 valence electrons. The number of hydrogen-bond donors (Lipinski definition) is 4. The number of hydrogen-bond acceptors (Lipinski definition) is 7. The molecule has 0 bridgehead atoms. The Morgan fingerprint density at radius 3 is 2.71 bits per heavy atom. The molecule has 2 amide bonds. The molecule has 0 radical (unpaired) electrons.